The van der Waals surface area contributed by atoms with E-state index in [1.54, 1.807) is 12.1 Å². The quantitative estimate of drug-likeness (QED) is 0.755. The van der Waals surface area contributed by atoms with Gasteiger partial charge in [0.25, 0.3) is 5.91 Å². The van der Waals surface area contributed by atoms with Crippen LogP contribution >= 0.6 is 23.2 Å². The van der Waals surface area contributed by atoms with Gasteiger partial charge in [-0.1, -0.05) is 11.6 Å². The van der Waals surface area contributed by atoms with Gasteiger partial charge in [0.15, 0.2) is 0 Å². The summed E-state index contributed by atoms with van der Waals surface area (Å²) in [6.07, 6.45) is 2.04. The van der Waals surface area contributed by atoms with Crippen LogP contribution in [0, 0.1) is 6.92 Å². The minimum Gasteiger partial charge on any atom is -0.334 e. The molecule has 1 aromatic carbocycles. The number of hydrogen-bond acceptors (Lipinski definition) is 1. The first-order chi connectivity index (χ1) is 8.13. The highest BCUT2D eigenvalue weighted by atomic mass is 35.5. The molecule has 1 fully saturated rings. The van der Waals surface area contributed by atoms with Gasteiger partial charge in [-0.25, -0.2) is 0 Å². The fourth-order valence-corrected chi connectivity index (χ4v) is 2.83. The Kier molecular flexibility index (Phi) is 3.95. The normalized spacial score (nSPS) is 19.7. The first-order valence-electron chi connectivity index (χ1n) is 5.76. The maximum Gasteiger partial charge on any atom is 0.254 e. The van der Waals surface area contributed by atoms with Crippen LogP contribution in [0.4, 0.5) is 0 Å². The summed E-state index contributed by atoms with van der Waals surface area (Å²) in [5, 5.41) is 0.661. The van der Waals surface area contributed by atoms with E-state index in [1.165, 1.54) is 0 Å². The Morgan fingerprint density at radius 1 is 1.53 bits per heavy atom. The van der Waals surface area contributed by atoms with Gasteiger partial charge in [-0.2, -0.15) is 0 Å². The van der Waals surface area contributed by atoms with E-state index in [2.05, 4.69) is 0 Å². The van der Waals surface area contributed by atoms with Gasteiger partial charge in [-0.05, 0) is 43.5 Å². The smallest absolute Gasteiger partial charge is 0.254 e. The minimum absolute atomic E-state index is 0.0716. The number of alkyl halides is 1. The molecule has 1 saturated heterocycles. The number of aryl methyl sites for hydroxylation is 1. The van der Waals surface area contributed by atoms with Crippen molar-refractivity contribution < 1.29 is 4.79 Å². The lowest BCUT2D eigenvalue weighted by Crippen LogP contribution is -2.36. The molecule has 0 N–H and O–H groups in total. The number of amides is 1. The van der Waals surface area contributed by atoms with Crippen molar-refractivity contribution in [3.63, 3.8) is 0 Å². The number of nitrogens with zero attached hydrogens (tertiary/aromatic N) is 1. The summed E-state index contributed by atoms with van der Waals surface area (Å²) in [7, 11) is 0. The second-order valence-corrected chi connectivity index (χ2v) is 5.15. The third-order valence-corrected chi connectivity index (χ3v) is 3.83. The number of halogens is 2. The van der Waals surface area contributed by atoms with Crippen LogP contribution in [-0.4, -0.2) is 29.3 Å². The average molecular weight is 272 g/mol. The molecule has 17 heavy (non-hydrogen) atoms. The van der Waals surface area contributed by atoms with Crippen molar-refractivity contribution in [2.24, 2.45) is 0 Å². The van der Waals surface area contributed by atoms with Crippen LogP contribution in [-0.2, 0) is 0 Å². The molecule has 0 bridgehead atoms. The molecule has 0 aliphatic carbocycles. The summed E-state index contributed by atoms with van der Waals surface area (Å²) < 4.78 is 0. The largest absolute Gasteiger partial charge is 0.334 e. The topological polar surface area (TPSA) is 20.3 Å². The molecule has 1 amide bonds. The Morgan fingerprint density at radius 2 is 2.29 bits per heavy atom. The minimum atomic E-state index is 0.0716. The maximum absolute atomic E-state index is 12.4. The van der Waals surface area contributed by atoms with Gasteiger partial charge in [0, 0.05) is 29.1 Å². The number of hydrogen-bond donors (Lipinski definition) is 0. The molecule has 0 spiro atoms. The monoisotopic (exact) mass is 271 g/mol. The summed E-state index contributed by atoms with van der Waals surface area (Å²) in [5.41, 5.74) is 1.65. The van der Waals surface area contributed by atoms with Crippen molar-refractivity contribution in [3.8, 4) is 0 Å². The maximum atomic E-state index is 12.4. The summed E-state index contributed by atoms with van der Waals surface area (Å²) in [6.45, 7) is 2.71. The second kappa shape index (κ2) is 5.28. The van der Waals surface area contributed by atoms with Crippen LogP contribution < -0.4 is 0 Å². The Labute approximate surface area is 112 Å². The molecular formula is C13H15Cl2NO. The molecule has 1 heterocycles. The molecule has 2 rings (SSSR count). The third kappa shape index (κ3) is 2.58. The predicted molar refractivity (Wildman–Crippen MR) is 71.0 cm³/mol. The molecule has 1 aliphatic rings. The van der Waals surface area contributed by atoms with Gasteiger partial charge in [-0.15, -0.1) is 11.6 Å². The lowest BCUT2D eigenvalue weighted by atomic mass is 10.1. The van der Waals surface area contributed by atoms with Crippen molar-refractivity contribution in [2.75, 3.05) is 12.4 Å². The van der Waals surface area contributed by atoms with Crippen LogP contribution in [0.1, 0.15) is 28.8 Å². The van der Waals surface area contributed by atoms with Crippen molar-refractivity contribution in [3.05, 3.63) is 34.3 Å². The van der Waals surface area contributed by atoms with Crippen molar-refractivity contribution >= 4 is 29.1 Å². The molecule has 0 radical (unpaired) electrons. The van der Waals surface area contributed by atoms with Gasteiger partial charge < -0.3 is 4.90 Å². The van der Waals surface area contributed by atoms with Gasteiger partial charge >= 0.3 is 0 Å². The Hall–Kier alpha value is -0.730. The van der Waals surface area contributed by atoms with Gasteiger partial charge in [0.2, 0.25) is 0 Å². The van der Waals surface area contributed by atoms with E-state index in [9.17, 15) is 4.79 Å². The fourth-order valence-electron chi connectivity index (χ4n) is 2.29. The number of carbonyl (C=O) groups excluding carboxylic acids is 1. The zero-order chi connectivity index (χ0) is 12.4. The molecule has 4 heteroatoms. The van der Waals surface area contributed by atoms with E-state index in [0.717, 1.165) is 30.5 Å². The van der Waals surface area contributed by atoms with Crippen molar-refractivity contribution in [1.29, 1.82) is 0 Å². The summed E-state index contributed by atoms with van der Waals surface area (Å²) in [6, 6.07) is 5.55. The Balaban J connectivity index is 2.24. The van der Waals surface area contributed by atoms with Gasteiger partial charge in [0.1, 0.15) is 0 Å². The van der Waals surface area contributed by atoms with Crippen LogP contribution in [0.15, 0.2) is 18.2 Å². The van der Waals surface area contributed by atoms with E-state index in [4.69, 9.17) is 23.2 Å². The molecule has 1 aliphatic heterocycles. The Bertz CT molecular complexity index is 433. The Morgan fingerprint density at radius 3 is 2.94 bits per heavy atom. The van der Waals surface area contributed by atoms with Crippen LogP contribution in [0.25, 0.3) is 0 Å². The molecule has 0 aromatic heterocycles. The molecule has 0 saturated carbocycles. The van der Waals surface area contributed by atoms with Crippen LogP contribution in [0.3, 0.4) is 0 Å². The highest BCUT2D eigenvalue weighted by Crippen LogP contribution is 2.23. The van der Waals surface area contributed by atoms with Crippen LogP contribution in [0.2, 0.25) is 5.02 Å². The van der Waals surface area contributed by atoms with E-state index < -0.39 is 0 Å². The third-order valence-electron chi connectivity index (χ3n) is 3.23. The number of carbonyl (C=O) groups is 1. The molecule has 1 unspecified atom stereocenters. The zero-order valence-electron chi connectivity index (χ0n) is 9.75. The molecule has 1 aromatic rings. The predicted octanol–water partition coefficient (Wildman–Crippen LogP) is 3.49. The fraction of sp³-hybridized carbons (Fsp3) is 0.462. The molecule has 2 nitrogen and oxygen atoms in total. The van der Waals surface area contributed by atoms with Gasteiger partial charge in [-0.3, -0.25) is 4.79 Å². The van der Waals surface area contributed by atoms with E-state index in [0.29, 0.717) is 10.9 Å². The SMILES string of the molecule is Cc1cc(Cl)ccc1C(=O)N1CCCC1CCl. The van der Waals surface area contributed by atoms with Crippen molar-refractivity contribution in [1.82, 2.24) is 4.90 Å². The molecule has 92 valence electrons. The molecular weight excluding hydrogens is 257 g/mol. The van der Waals surface area contributed by atoms with E-state index in [1.807, 2.05) is 17.9 Å². The first kappa shape index (κ1) is 12.7. The average Bonchev–Trinajstić information content (AvgIpc) is 2.76. The molecule has 1 atom stereocenters. The van der Waals surface area contributed by atoms with E-state index >= 15 is 0 Å². The first-order valence-corrected chi connectivity index (χ1v) is 6.68. The summed E-state index contributed by atoms with van der Waals surface area (Å²) in [5.74, 6) is 0.584. The number of likely N-dealkylation sites (tertiary alicyclic amines) is 1. The zero-order valence-corrected chi connectivity index (χ0v) is 11.3. The lowest BCUT2D eigenvalue weighted by molar-refractivity contribution is 0.0748. The number of rotatable bonds is 2. The van der Waals surface area contributed by atoms with Crippen molar-refractivity contribution in [2.45, 2.75) is 25.8 Å². The standard InChI is InChI=1S/C13H15Cl2NO/c1-9-7-10(15)4-5-12(9)13(17)16-6-2-3-11(16)8-14/h4-5,7,11H,2-3,6,8H2,1H3. The highest BCUT2D eigenvalue weighted by molar-refractivity contribution is 6.30. The van der Waals surface area contributed by atoms with E-state index in [-0.39, 0.29) is 11.9 Å². The van der Waals surface area contributed by atoms with Crippen LogP contribution in [0.5, 0.6) is 0 Å². The summed E-state index contributed by atoms with van der Waals surface area (Å²) >= 11 is 11.8. The highest BCUT2D eigenvalue weighted by Gasteiger charge is 2.29. The lowest BCUT2D eigenvalue weighted by Gasteiger charge is -2.23. The van der Waals surface area contributed by atoms with Gasteiger partial charge in [0.05, 0.1) is 0 Å². The number of benzene rings is 1. The second-order valence-electron chi connectivity index (χ2n) is 4.41. The summed E-state index contributed by atoms with van der Waals surface area (Å²) in [4.78, 5) is 14.3.